The average Bonchev–Trinajstić information content (AvgIpc) is 2.49. The van der Waals surface area contributed by atoms with Crippen LogP contribution in [0.25, 0.3) is 0 Å². The van der Waals surface area contributed by atoms with Crippen LogP contribution in [0.15, 0.2) is 32.3 Å². The number of sulfonamides is 1. The Bertz CT molecular complexity index is 802. The third kappa shape index (κ3) is 3.56. The Hall–Kier alpha value is -1.67. The first-order valence-electron chi connectivity index (χ1n) is 7.27. The van der Waals surface area contributed by atoms with E-state index in [1.165, 1.54) is 26.1 Å². The highest BCUT2D eigenvalue weighted by molar-refractivity contribution is 7.89. The Morgan fingerprint density at radius 2 is 1.95 bits per heavy atom. The molecule has 1 N–H and O–H groups in total. The minimum atomic E-state index is -3.92. The van der Waals surface area contributed by atoms with Gasteiger partial charge >= 0.3 is 5.69 Å². The van der Waals surface area contributed by atoms with Gasteiger partial charge in [0.05, 0.1) is 0 Å². The lowest BCUT2D eigenvalue weighted by Crippen LogP contribution is -2.41. The number of hydrogen-bond donors (Lipinski definition) is 1. The molecule has 1 aromatic rings. The molecular formula is C14H21N3O4S. The Balaban J connectivity index is 2.16. The minimum Gasteiger partial charge on any atom is -0.302 e. The third-order valence-corrected chi connectivity index (χ3v) is 5.27. The van der Waals surface area contributed by atoms with Crippen LogP contribution in [-0.4, -0.2) is 24.1 Å². The van der Waals surface area contributed by atoms with Gasteiger partial charge in [-0.25, -0.2) is 17.9 Å². The van der Waals surface area contributed by atoms with Crippen LogP contribution in [-0.2, 0) is 24.1 Å². The van der Waals surface area contributed by atoms with E-state index >= 15 is 0 Å². The summed E-state index contributed by atoms with van der Waals surface area (Å²) < 4.78 is 28.8. The molecule has 0 radical (unpaired) electrons. The summed E-state index contributed by atoms with van der Waals surface area (Å²) in [5, 5.41) is 0. The van der Waals surface area contributed by atoms with Crippen LogP contribution in [0, 0.1) is 0 Å². The van der Waals surface area contributed by atoms with Crippen molar-refractivity contribution >= 4 is 10.0 Å². The molecule has 0 saturated heterocycles. The molecule has 1 heterocycles. The standard InChI is InChI=1S/C14H21N3O4S/c1-16-10-12(13(18)17(2)14(16)19)22(20,21)15-9-8-11-6-4-3-5-7-11/h6,10,15H,3-5,7-9H2,1-2H3. The molecule has 0 fully saturated rings. The van der Waals surface area contributed by atoms with Crippen molar-refractivity contribution < 1.29 is 8.42 Å². The molecule has 0 atom stereocenters. The van der Waals surface area contributed by atoms with Crippen molar-refractivity contribution in [1.29, 1.82) is 0 Å². The number of allylic oxidation sites excluding steroid dienone is 1. The monoisotopic (exact) mass is 327 g/mol. The van der Waals surface area contributed by atoms with Gasteiger partial charge in [-0.15, -0.1) is 0 Å². The van der Waals surface area contributed by atoms with Crippen LogP contribution in [0.2, 0.25) is 0 Å². The van der Waals surface area contributed by atoms with E-state index in [1.807, 2.05) is 0 Å². The van der Waals surface area contributed by atoms with Gasteiger partial charge in [0.1, 0.15) is 0 Å². The van der Waals surface area contributed by atoms with E-state index in [1.54, 1.807) is 0 Å². The van der Waals surface area contributed by atoms with Crippen LogP contribution >= 0.6 is 0 Å². The summed E-state index contributed by atoms with van der Waals surface area (Å²) in [6.07, 6.45) is 8.23. The average molecular weight is 327 g/mol. The maximum absolute atomic E-state index is 12.3. The van der Waals surface area contributed by atoms with Crippen molar-refractivity contribution in [2.45, 2.75) is 37.0 Å². The molecular weight excluding hydrogens is 306 g/mol. The number of aromatic nitrogens is 2. The van der Waals surface area contributed by atoms with Gasteiger partial charge in [-0.05, 0) is 32.1 Å². The molecule has 0 amide bonds. The summed E-state index contributed by atoms with van der Waals surface area (Å²) in [6, 6.07) is 0. The fraction of sp³-hybridized carbons (Fsp3) is 0.571. The molecule has 122 valence electrons. The third-order valence-electron chi connectivity index (χ3n) is 3.83. The zero-order chi connectivity index (χ0) is 16.3. The lowest BCUT2D eigenvalue weighted by atomic mass is 9.97. The SMILES string of the molecule is Cn1cc(S(=O)(=O)NCCC2=CCCCC2)c(=O)n(C)c1=O. The maximum atomic E-state index is 12.3. The van der Waals surface area contributed by atoms with Crippen LogP contribution in [0.1, 0.15) is 32.1 Å². The van der Waals surface area contributed by atoms with Crippen LogP contribution in [0.3, 0.4) is 0 Å². The first-order valence-corrected chi connectivity index (χ1v) is 8.75. The molecule has 0 aromatic carbocycles. The second-order valence-electron chi connectivity index (χ2n) is 5.51. The predicted molar refractivity (Wildman–Crippen MR) is 83.3 cm³/mol. The summed E-state index contributed by atoms with van der Waals surface area (Å²) in [5.41, 5.74) is -0.119. The van der Waals surface area contributed by atoms with Gasteiger partial charge in [-0.2, -0.15) is 0 Å². The molecule has 22 heavy (non-hydrogen) atoms. The number of aryl methyl sites for hydroxylation is 1. The van der Waals surface area contributed by atoms with Gasteiger partial charge in [0.25, 0.3) is 5.56 Å². The lowest BCUT2D eigenvalue weighted by molar-refractivity contribution is 0.569. The van der Waals surface area contributed by atoms with Gasteiger partial charge in [-0.3, -0.25) is 9.36 Å². The number of hydrogen-bond acceptors (Lipinski definition) is 4. The number of rotatable bonds is 5. The van der Waals surface area contributed by atoms with Crippen molar-refractivity contribution in [3.8, 4) is 0 Å². The van der Waals surface area contributed by atoms with Crippen LogP contribution in [0.5, 0.6) is 0 Å². The predicted octanol–water partition coefficient (Wildman–Crippen LogP) is 0.253. The zero-order valence-corrected chi connectivity index (χ0v) is 13.6. The molecule has 1 aliphatic rings. The van der Waals surface area contributed by atoms with Gasteiger partial charge < -0.3 is 4.57 Å². The molecule has 2 rings (SSSR count). The summed E-state index contributed by atoms with van der Waals surface area (Å²) in [5.74, 6) is 0. The fourth-order valence-electron chi connectivity index (χ4n) is 2.51. The molecule has 0 aliphatic heterocycles. The molecule has 0 spiro atoms. The molecule has 0 unspecified atom stereocenters. The van der Waals surface area contributed by atoms with Gasteiger partial charge in [0.2, 0.25) is 10.0 Å². The molecule has 1 aromatic heterocycles. The zero-order valence-electron chi connectivity index (χ0n) is 12.8. The van der Waals surface area contributed by atoms with E-state index in [9.17, 15) is 18.0 Å². The lowest BCUT2D eigenvalue weighted by Gasteiger charge is -2.13. The first-order chi connectivity index (χ1) is 10.3. The highest BCUT2D eigenvalue weighted by Gasteiger charge is 2.21. The van der Waals surface area contributed by atoms with Gasteiger partial charge in [0.15, 0.2) is 4.90 Å². The molecule has 8 heteroatoms. The first kappa shape index (κ1) is 16.7. The van der Waals surface area contributed by atoms with Crippen molar-refractivity contribution in [3.05, 3.63) is 38.7 Å². The Labute approximate surface area is 129 Å². The number of nitrogens with zero attached hydrogens (tertiary/aromatic N) is 2. The van der Waals surface area contributed by atoms with Crippen molar-refractivity contribution in [2.75, 3.05) is 6.54 Å². The van der Waals surface area contributed by atoms with Crippen LogP contribution < -0.4 is 16.0 Å². The normalized spacial score (nSPS) is 15.6. The van der Waals surface area contributed by atoms with E-state index < -0.39 is 26.2 Å². The van der Waals surface area contributed by atoms with Gasteiger partial charge in [0, 0.05) is 26.8 Å². The summed E-state index contributed by atoms with van der Waals surface area (Å²) in [6.45, 7) is 0.250. The van der Waals surface area contributed by atoms with Crippen LogP contribution in [0.4, 0.5) is 0 Å². The number of nitrogens with one attached hydrogen (secondary N) is 1. The molecule has 0 saturated carbocycles. The van der Waals surface area contributed by atoms with E-state index in [2.05, 4.69) is 10.8 Å². The highest BCUT2D eigenvalue weighted by atomic mass is 32.2. The molecule has 0 bridgehead atoms. The van der Waals surface area contributed by atoms with Gasteiger partial charge in [-0.1, -0.05) is 11.6 Å². The van der Waals surface area contributed by atoms with Crippen molar-refractivity contribution in [1.82, 2.24) is 13.9 Å². The highest BCUT2D eigenvalue weighted by Crippen LogP contribution is 2.19. The second-order valence-corrected chi connectivity index (χ2v) is 7.24. The molecule has 7 nitrogen and oxygen atoms in total. The second kappa shape index (κ2) is 6.62. The smallest absolute Gasteiger partial charge is 0.302 e. The van der Waals surface area contributed by atoms with Crippen molar-refractivity contribution in [2.24, 2.45) is 14.1 Å². The largest absolute Gasteiger partial charge is 0.330 e. The molecule has 1 aliphatic carbocycles. The van der Waals surface area contributed by atoms with E-state index in [0.717, 1.165) is 34.6 Å². The van der Waals surface area contributed by atoms with E-state index in [4.69, 9.17) is 0 Å². The topological polar surface area (TPSA) is 90.2 Å². The summed E-state index contributed by atoms with van der Waals surface area (Å²) >= 11 is 0. The minimum absolute atomic E-state index is 0.250. The quantitative estimate of drug-likeness (QED) is 0.785. The summed E-state index contributed by atoms with van der Waals surface area (Å²) in [4.78, 5) is 23.2. The van der Waals surface area contributed by atoms with E-state index in [-0.39, 0.29) is 6.54 Å². The summed E-state index contributed by atoms with van der Waals surface area (Å²) in [7, 11) is -1.25. The Morgan fingerprint density at radius 3 is 2.59 bits per heavy atom. The fourth-order valence-corrected chi connectivity index (χ4v) is 3.70. The van der Waals surface area contributed by atoms with E-state index in [0.29, 0.717) is 6.42 Å². The van der Waals surface area contributed by atoms with Crippen molar-refractivity contribution in [3.63, 3.8) is 0 Å². The Morgan fingerprint density at radius 1 is 1.23 bits per heavy atom. The maximum Gasteiger partial charge on any atom is 0.330 e. The Kier molecular flexibility index (Phi) is 5.02.